The van der Waals surface area contributed by atoms with Gasteiger partial charge in [-0.1, -0.05) is 12.1 Å². The van der Waals surface area contributed by atoms with Crippen LogP contribution in [0.5, 0.6) is 5.75 Å². The van der Waals surface area contributed by atoms with Gasteiger partial charge >= 0.3 is 0 Å². The summed E-state index contributed by atoms with van der Waals surface area (Å²) in [7, 11) is -1.56. The maximum atomic E-state index is 11.1. The van der Waals surface area contributed by atoms with Gasteiger partial charge in [0.15, 0.2) is 0 Å². The maximum Gasteiger partial charge on any atom is 0.208 e. The number of sulfonamides is 1. The number of methoxy groups -OCH3 is 1. The zero-order valence-corrected chi connectivity index (χ0v) is 13.1. The van der Waals surface area contributed by atoms with Crippen molar-refractivity contribution in [2.24, 2.45) is 0 Å². The lowest BCUT2D eigenvalue weighted by molar-refractivity contribution is 0.176. The Kier molecular flexibility index (Phi) is 5.21. The first kappa shape index (κ1) is 16.2. The van der Waals surface area contributed by atoms with Gasteiger partial charge in [-0.3, -0.25) is 4.90 Å². The van der Waals surface area contributed by atoms with Crippen LogP contribution in [0, 0.1) is 0 Å². The van der Waals surface area contributed by atoms with Crippen LogP contribution >= 0.6 is 0 Å². The molecule has 7 heteroatoms. The molecule has 6 nitrogen and oxygen atoms in total. The van der Waals surface area contributed by atoms with Gasteiger partial charge < -0.3 is 9.84 Å². The summed E-state index contributed by atoms with van der Waals surface area (Å²) in [5.41, 5.74) is 1.07. The average Bonchev–Trinajstić information content (AvgIpc) is 2.78. The zero-order valence-electron chi connectivity index (χ0n) is 12.3. The molecule has 1 heterocycles. The standard InChI is InChI=1S/C14H22N2O4S/c1-20-13-5-3-4-11(8-13)14-9-12(17)10-16(14)7-6-15-21(2,18)19/h3-5,8,12,14-15,17H,6-7,9-10H2,1-2H3/t12-,14-/m0/s1. The lowest BCUT2D eigenvalue weighted by Crippen LogP contribution is -2.34. The number of β-amino-alcohol motifs (C(OH)–C–C–N with tert-alkyl or cyclic N) is 1. The summed E-state index contributed by atoms with van der Waals surface area (Å²) in [5.74, 6) is 0.781. The quantitative estimate of drug-likeness (QED) is 0.792. The Morgan fingerprint density at radius 3 is 2.90 bits per heavy atom. The smallest absolute Gasteiger partial charge is 0.208 e. The molecule has 0 amide bonds. The minimum atomic E-state index is -3.18. The van der Waals surface area contributed by atoms with Crippen molar-refractivity contribution in [2.75, 3.05) is 33.0 Å². The van der Waals surface area contributed by atoms with Gasteiger partial charge in [0, 0.05) is 25.7 Å². The first-order valence-corrected chi connectivity index (χ1v) is 8.79. The van der Waals surface area contributed by atoms with Crippen molar-refractivity contribution in [3.63, 3.8) is 0 Å². The highest BCUT2D eigenvalue weighted by atomic mass is 32.2. The number of aliphatic hydroxyl groups is 1. The highest BCUT2D eigenvalue weighted by molar-refractivity contribution is 7.88. The minimum Gasteiger partial charge on any atom is -0.497 e. The van der Waals surface area contributed by atoms with Crippen molar-refractivity contribution in [1.82, 2.24) is 9.62 Å². The molecule has 0 unspecified atom stereocenters. The summed E-state index contributed by atoms with van der Waals surface area (Å²) < 4.78 is 29.9. The molecule has 0 aromatic heterocycles. The van der Waals surface area contributed by atoms with Crippen LogP contribution in [0.15, 0.2) is 24.3 Å². The van der Waals surface area contributed by atoms with Crippen LogP contribution in [0.1, 0.15) is 18.0 Å². The van der Waals surface area contributed by atoms with Crippen molar-refractivity contribution >= 4 is 10.0 Å². The van der Waals surface area contributed by atoms with Crippen molar-refractivity contribution in [1.29, 1.82) is 0 Å². The van der Waals surface area contributed by atoms with E-state index in [-0.39, 0.29) is 12.1 Å². The maximum absolute atomic E-state index is 11.1. The topological polar surface area (TPSA) is 78.9 Å². The Bertz CT molecular complexity index is 576. The fraction of sp³-hybridized carbons (Fsp3) is 0.571. The SMILES string of the molecule is COc1cccc([C@@H]2C[C@H](O)CN2CCNS(C)(=O)=O)c1. The molecule has 1 saturated heterocycles. The fourth-order valence-corrected chi connectivity index (χ4v) is 3.16. The number of likely N-dealkylation sites (tertiary alicyclic amines) is 1. The molecule has 0 radical (unpaired) electrons. The summed E-state index contributed by atoms with van der Waals surface area (Å²) in [5, 5.41) is 9.91. The molecular weight excluding hydrogens is 292 g/mol. The van der Waals surface area contributed by atoms with Crippen LogP contribution in [0.25, 0.3) is 0 Å². The summed E-state index contributed by atoms with van der Waals surface area (Å²) in [4.78, 5) is 2.09. The molecule has 2 rings (SSSR count). The molecule has 118 valence electrons. The van der Waals surface area contributed by atoms with Gasteiger partial charge in [0.2, 0.25) is 10.0 Å². The van der Waals surface area contributed by atoms with E-state index < -0.39 is 10.0 Å². The minimum absolute atomic E-state index is 0.0801. The van der Waals surface area contributed by atoms with E-state index in [9.17, 15) is 13.5 Å². The fourth-order valence-electron chi connectivity index (χ4n) is 2.70. The molecule has 21 heavy (non-hydrogen) atoms. The number of hydrogen-bond acceptors (Lipinski definition) is 5. The molecule has 0 aliphatic carbocycles. The largest absolute Gasteiger partial charge is 0.497 e. The van der Waals surface area contributed by atoms with Crippen LogP contribution in [0.2, 0.25) is 0 Å². The van der Waals surface area contributed by atoms with Crippen molar-refractivity contribution in [2.45, 2.75) is 18.6 Å². The Hall–Kier alpha value is -1.15. The number of aliphatic hydroxyl groups excluding tert-OH is 1. The monoisotopic (exact) mass is 314 g/mol. The summed E-state index contributed by atoms with van der Waals surface area (Å²) in [6.07, 6.45) is 1.40. The number of benzene rings is 1. The van der Waals surface area contributed by atoms with E-state index >= 15 is 0 Å². The van der Waals surface area contributed by atoms with E-state index in [1.165, 1.54) is 0 Å². The van der Waals surface area contributed by atoms with Crippen LogP contribution in [0.4, 0.5) is 0 Å². The van der Waals surface area contributed by atoms with Crippen LogP contribution in [-0.2, 0) is 10.0 Å². The highest BCUT2D eigenvalue weighted by Gasteiger charge is 2.31. The summed E-state index contributed by atoms with van der Waals surface area (Å²) in [6, 6.07) is 7.84. The summed E-state index contributed by atoms with van der Waals surface area (Å²) >= 11 is 0. The van der Waals surface area contributed by atoms with E-state index in [4.69, 9.17) is 4.74 Å². The third-order valence-corrected chi connectivity index (χ3v) is 4.35. The molecule has 2 N–H and O–H groups in total. The predicted octanol–water partition coefficient (Wildman–Crippen LogP) is 0.352. The van der Waals surface area contributed by atoms with Crippen LogP contribution in [0.3, 0.4) is 0 Å². The lowest BCUT2D eigenvalue weighted by Gasteiger charge is -2.24. The van der Waals surface area contributed by atoms with E-state index in [0.29, 0.717) is 26.1 Å². The van der Waals surface area contributed by atoms with Gasteiger partial charge in [-0.15, -0.1) is 0 Å². The van der Waals surface area contributed by atoms with Crippen molar-refractivity contribution in [3.8, 4) is 5.75 Å². The van der Waals surface area contributed by atoms with E-state index in [0.717, 1.165) is 17.6 Å². The van der Waals surface area contributed by atoms with Gasteiger partial charge in [0.1, 0.15) is 5.75 Å². The molecule has 0 saturated carbocycles. The van der Waals surface area contributed by atoms with Crippen molar-refractivity contribution < 1.29 is 18.3 Å². The third kappa shape index (κ3) is 4.67. The van der Waals surface area contributed by atoms with E-state index in [1.807, 2.05) is 24.3 Å². The molecule has 1 aliphatic rings. The number of hydrogen-bond donors (Lipinski definition) is 2. The Balaban J connectivity index is 2.05. The normalized spacial score (nSPS) is 23.4. The molecule has 1 fully saturated rings. The second kappa shape index (κ2) is 6.74. The first-order valence-electron chi connectivity index (χ1n) is 6.90. The predicted molar refractivity (Wildman–Crippen MR) is 80.8 cm³/mol. The molecule has 1 aliphatic heterocycles. The molecular formula is C14H22N2O4S. The molecule has 2 atom stereocenters. The third-order valence-electron chi connectivity index (χ3n) is 3.62. The second-order valence-corrected chi connectivity index (χ2v) is 7.18. The number of nitrogens with zero attached hydrogens (tertiary/aromatic N) is 1. The van der Waals surface area contributed by atoms with Crippen molar-refractivity contribution in [3.05, 3.63) is 29.8 Å². The number of ether oxygens (including phenoxy) is 1. The first-order chi connectivity index (χ1) is 9.89. The Morgan fingerprint density at radius 2 is 2.24 bits per heavy atom. The molecule has 1 aromatic carbocycles. The van der Waals surface area contributed by atoms with Crippen LogP contribution < -0.4 is 9.46 Å². The van der Waals surface area contributed by atoms with Gasteiger partial charge in [-0.2, -0.15) is 0 Å². The molecule has 1 aromatic rings. The lowest BCUT2D eigenvalue weighted by atomic mass is 10.0. The van der Waals surface area contributed by atoms with E-state index in [1.54, 1.807) is 7.11 Å². The van der Waals surface area contributed by atoms with Gasteiger partial charge in [-0.05, 0) is 24.1 Å². The van der Waals surface area contributed by atoms with Gasteiger partial charge in [0.25, 0.3) is 0 Å². The highest BCUT2D eigenvalue weighted by Crippen LogP contribution is 2.33. The molecule has 0 bridgehead atoms. The zero-order chi connectivity index (χ0) is 15.5. The second-order valence-electron chi connectivity index (χ2n) is 5.34. The average molecular weight is 314 g/mol. The number of rotatable bonds is 6. The van der Waals surface area contributed by atoms with Gasteiger partial charge in [-0.25, -0.2) is 13.1 Å². The molecule has 0 spiro atoms. The van der Waals surface area contributed by atoms with Gasteiger partial charge in [0.05, 0.1) is 19.5 Å². The Morgan fingerprint density at radius 1 is 1.48 bits per heavy atom. The van der Waals surface area contributed by atoms with E-state index in [2.05, 4.69) is 9.62 Å². The number of nitrogens with one attached hydrogen (secondary N) is 1. The Labute approximate surface area is 125 Å². The van der Waals surface area contributed by atoms with Crippen LogP contribution in [-0.4, -0.2) is 57.5 Å². The summed E-state index contributed by atoms with van der Waals surface area (Å²) in [6.45, 7) is 1.45.